The number of nitrogens with one attached hydrogen (secondary N) is 1. The number of likely N-dealkylation sites (N-methyl/N-ethyl adjacent to an activating group) is 2. The Morgan fingerprint density at radius 2 is 1.98 bits per heavy atom. The van der Waals surface area contributed by atoms with Gasteiger partial charge in [-0.15, -0.1) is 0 Å². The number of nitrogens with zero attached hydrogens (tertiary/aromatic N) is 6. The Kier molecular flexibility index (Phi) is 8.52. The van der Waals surface area contributed by atoms with Gasteiger partial charge in [0.2, 0.25) is 0 Å². The van der Waals surface area contributed by atoms with Gasteiger partial charge in [0.1, 0.15) is 17.7 Å². The number of pyridine rings is 1. The van der Waals surface area contributed by atoms with Crippen LogP contribution in [0.25, 0.3) is 21.6 Å². The maximum absolute atomic E-state index is 13.7. The predicted octanol–water partition coefficient (Wildman–Crippen LogP) is 4.05. The highest BCUT2D eigenvalue weighted by Crippen LogP contribution is 2.36. The number of thiazole rings is 1. The summed E-state index contributed by atoms with van der Waals surface area (Å²) in [5, 5.41) is 3.34. The van der Waals surface area contributed by atoms with E-state index in [-0.39, 0.29) is 5.91 Å². The maximum atomic E-state index is 13.7. The van der Waals surface area contributed by atoms with Crippen LogP contribution in [-0.2, 0) is 4.79 Å². The Hall–Kier alpha value is -4.40. The van der Waals surface area contributed by atoms with Crippen LogP contribution in [-0.4, -0.2) is 77.9 Å². The lowest BCUT2D eigenvalue weighted by molar-refractivity contribution is -0.108. The summed E-state index contributed by atoms with van der Waals surface area (Å²) in [4.78, 5) is 46.9. The molecule has 1 aliphatic rings. The van der Waals surface area contributed by atoms with Crippen molar-refractivity contribution in [2.24, 2.45) is 5.92 Å². The van der Waals surface area contributed by atoms with E-state index in [2.05, 4.69) is 42.0 Å². The fourth-order valence-corrected chi connectivity index (χ4v) is 4.98. The fraction of sp³-hybridized carbons (Fsp3) is 0.333. The van der Waals surface area contributed by atoms with Crippen molar-refractivity contribution in [2.45, 2.75) is 19.8 Å². The van der Waals surface area contributed by atoms with Crippen molar-refractivity contribution in [3.05, 3.63) is 53.6 Å². The van der Waals surface area contributed by atoms with Crippen LogP contribution < -0.4 is 15.0 Å². The summed E-state index contributed by atoms with van der Waals surface area (Å²) in [5.74, 6) is 6.98. The first-order valence-electron chi connectivity index (χ1n) is 13.3. The molecule has 3 heterocycles. The highest BCUT2D eigenvalue weighted by Gasteiger charge is 2.21. The number of hydrogen-bond acceptors (Lipinski definition) is 10. The first kappa shape index (κ1) is 28.1. The molecule has 0 saturated heterocycles. The van der Waals surface area contributed by atoms with Crippen molar-refractivity contribution in [2.75, 3.05) is 51.1 Å². The molecule has 210 valence electrons. The molecule has 5 rings (SSSR count). The van der Waals surface area contributed by atoms with Crippen LogP contribution >= 0.6 is 11.3 Å². The van der Waals surface area contributed by atoms with E-state index in [1.54, 1.807) is 25.6 Å². The molecule has 1 fully saturated rings. The van der Waals surface area contributed by atoms with Crippen molar-refractivity contribution in [3.63, 3.8) is 0 Å². The summed E-state index contributed by atoms with van der Waals surface area (Å²) in [6, 6.07) is 7.59. The van der Waals surface area contributed by atoms with Crippen molar-refractivity contribution < 1.29 is 14.3 Å². The molecule has 0 aliphatic heterocycles. The number of carbonyl (C=O) groups excluding carboxylic acids is 2. The average Bonchev–Trinajstić information content (AvgIpc) is 3.72. The van der Waals surface area contributed by atoms with Gasteiger partial charge in [-0.2, -0.15) is 4.98 Å². The minimum absolute atomic E-state index is 0.316. The number of methoxy groups -OCH3 is 1. The van der Waals surface area contributed by atoms with Gasteiger partial charge in [0.15, 0.2) is 15.6 Å². The first-order valence-corrected chi connectivity index (χ1v) is 14.1. The van der Waals surface area contributed by atoms with Gasteiger partial charge in [0.05, 0.1) is 26.0 Å². The molecule has 0 radical (unpaired) electrons. The smallest absolute Gasteiger partial charge is 0.258 e. The van der Waals surface area contributed by atoms with Crippen molar-refractivity contribution in [1.29, 1.82) is 0 Å². The van der Waals surface area contributed by atoms with E-state index >= 15 is 0 Å². The van der Waals surface area contributed by atoms with Gasteiger partial charge in [-0.1, -0.05) is 17.3 Å². The van der Waals surface area contributed by atoms with Crippen LogP contribution in [0.5, 0.6) is 5.75 Å². The van der Waals surface area contributed by atoms with Crippen LogP contribution in [0.4, 0.5) is 10.8 Å². The molecule has 10 nitrogen and oxygen atoms in total. The monoisotopic (exact) mass is 569 g/mol. The standard InChI is InChI=1S/C30H31N7O3S/c1-19-15-25(26(40-4)18-31-19)24-16-22(37(3)12-11-36(2)13-14-38)9-10-23(24)28(39)35-30-34-27-29(41-30)33-21(17-32-27)8-7-20-5-6-20/h9-10,14-18,20H,5-6,11-13H2,1-4H3,(H,32,34,35,39). The van der Waals surface area contributed by atoms with Crippen LogP contribution in [0.15, 0.2) is 36.7 Å². The first-order chi connectivity index (χ1) is 19.8. The van der Waals surface area contributed by atoms with E-state index in [4.69, 9.17) is 4.74 Å². The third kappa shape index (κ3) is 6.85. The molecule has 0 atom stereocenters. The van der Waals surface area contributed by atoms with E-state index in [1.807, 2.05) is 44.1 Å². The highest BCUT2D eigenvalue weighted by atomic mass is 32.1. The van der Waals surface area contributed by atoms with E-state index in [1.165, 1.54) is 11.3 Å². The third-order valence-corrected chi connectivity index (χ3v) is 7.59. The quantitative estimate of drug-likeness (QED) is 0.223. The number of ether oxygens (including phenoxy) is 1. The van der Waals surface area contributed by atoms with E-state index in [9.17, 15) is 9.59 Å². The van der Waals surface area contributed by atoms with Gasteiger partial charge < -0.3 is 14.4 Å². The van der Waals surface area contributed by atoms with Gasteiger partial charge >= 0.3 is 0 Å². The molecule has 4 aromatic rings. The zero-order chi connectivity index (χ0) is 28.9. The molecule has 11 heteroatoms. The predicted molar refractivity (Wildman–Crippen MR) is 161 cm³/mol. The molecule has 1 amide bonds. The maximum Gasteiger partial charge on any atom is 0.258 e. The number of benzene rings is 1. The molecule has 1 saturated carbocycles. The van der Waals surface area contributed by atoms with Crippen molar-refractivity contribution in [1.82, 2.24) is 24.8 Å². The lowest BCUT2D eigenvalue weighted by atomic mass is 9.97. The summed E-state index contributed by atoms with van der Waals surface area (Å²) in [7, 11) is 5.47. The highest BCUT2D eigenvalue weighted by molar-refractivity contribution is 7.21. The topological polar surface area (TPSA) is 113 Å². The molecule has 41 heavy (non-hydrogen) atoms. The van der Waals surface area contributed by atoms with Crippen molar-refractivity contribution >= 4 is 44.8 Å². The van der Waals surface area contributed by atoms with Crippen molar-refractivity contribution in [3.8, 4) is 28.7 Å². The summed E-state index contributed by atoms with van der Waals surface area (Å²) in [6.07, 6.45) is 6.45. The second-order valence-corrected chi connectivity index (χ2v) is 11.0. The molecule has 1 aliphatic carbocycles. The zero-order valence-corrected chi connectivity index (χ0v) is 24.3. The number of carbonyl (C=O) groups is 2. The Labute approximate surface area is 242 Å². The SMILES string of the molecule is COc1cnc(C)cc1-c1cc(N(C)CCN(C)CC=O)ccc1C(=O)Nc1nc2ncc(C#CC3CC3)nc2s1. The Bertz CT molecular complexity index is 1660. The van der Waals surface area contributed by atoms with Crippen LogP contribution in [0, 0.1) is 24.7 Å². The molecule has 0 bridgehead atoms. The lowest BCUT2D eigenvalue weighted by Crippen LogP contribution is -2.31. The second-order valence-electron chi connectivity index (χ2n) is 10.0. The minimum atomic E-state index is -0.316. The van der Waals surface area contributed by atoms with E-state index in [0.29, 0.717) is 63.7 Å². The van der Waals surface area contributed by atoms with Gasteiger partial charge in [0, 0.05) is 54.1 Å². The minimum Gasteiger partial charge on any atom is -0.494 e. The average molecular weight is 570 g/mol. The normalized spacial score (nSPS) is 12.6. The zero-order valence-electron chi connectivity index (χ0n) is 23.5. The molecular weight excluding hydrogens is 538 g/mol. The van der Waals surface area contributed by atoms with Crippen LogP contribution in [0.3, 0.4) is 0 Å². The molecule has 0 unspecified atom stereocenters. The number of hydrogen-bond donors (Lipinski definition) is 1. The molecule has 1 N–H and O–H groups in total. The number of rotatable bonds is 10. The Morgan fingerprint density at radius 1 is 1.15 bits per heavy atom. The second kappa shape index (κ2) is 12.4. The van der Waals surface area contributed by atoms with Crippen LogP contribution in [0.1, 0.15) is 34.6 Å². The number of aryl methyl sites for hydroxylation is 1. The summed E-state index contributed by atoms with van der Waals surface area (Å²) < 4.78 is 5.62. The summed E-state index contributed by atoms with van der Waals surface area (Å²) >= 11 is 1.26. The van der Waals surface area contributed by atoms with E-state index in [0.717, 1.165) is 36.1 Å². The van der Waals surface area contributed by atoms with Gasteiger partial charge in [-0.3, -0.25) is 20.0 Å². The summed E-state index contributed by atoms with van der Waals surface area (Å²) in [6.45, 7) is 3.67. The van der Waals surface area contributed by atoms with E-state index < -0.39 is 0 Å². The van der Waals surface area contributed by atoms with Gasteiger partial charge in [-0.25, -0.2) is 9.97 Å². The molecule has 1 aromatic carbocycles. The number of amides is 1. The molecular formula is C30H31N7O3S. The lowest BCUT2D eigenvalue weighted by Gasteiger charge is -2.24. The molecule has 3 aromatic heterocycles. The number of fused-ring (bicyclic) bond motifs is 1. The summed E-state index contributed by atoms with van der Waals surface area (Å²) in [5.41, 5.74) is 4.69. The Morgan fingerprint density at radius 3 is 2.73 bits per heavy atom. The number of aldehydes is 1. The molecule has 0 spiro atoms. The van der Waals surface area contributed by atoms with Crippen LogP contribution in [0.2, 0.25) is 0 Å². The number of anilines is 2. The van der Waals surface area contributed by atoms with Gasteiger partial charge in [-0.05, 0) is 57.0 Å². The fourth-order valence-electron chi connectivity index (χ4n) is 4.18. The number of aromatic nitrogens is 4. The largest absolute Gasteiger partial charge is 0.494 e. The third-order valence-electron chi connectivity index (χ3n) is 6.73. The Balaban J connectivity index is 1.45. The van der Waals surface area contributed by atoms with Gasteiger partial charge in [0.25, 0.3) is 5.91 Å².